The molecule has 0 fully saturated rings. The quantitative estimate of drug-likeness (QED) is 0.651. The number of hydrogen-bond donors (Lipinski definition) is 2. The standard InChI is InChI=1S/C9H17N3/c1-8-7-9(12-11-8)5-3-2-4-6-10/h7H,2-6,10H2,1H3,(H,11,12). The summed E-state index contributed by atoms with van der Waals surface area (Å²) in [6.45, 7) is 2.83. The molecule has 1 aromatic heterocycles. The first-order valence-corrected chi connectivity index (χ1v) is 4.54. The molecule has 0 aromatic carbocycles. The molecule has 0 amide bonds. The monoisotopic (exact) mass is 167 g/mol. The lowest BCUT2D eigenvalue weighted by atomic mass is 10.1. The first-order chi connectivity index (χ1) is 5.83. The Bertz CT molecular complexity index is 217. The van der Waals surface area contributed by atoms with Crippen LogP contribution in [0.5, 0.6) is 0 Å². The van der Waals surface area contributed by atoms with Crippen molar-refractivity contribution in [1.82, 2.24) is 10.2 Å². The molecule has 0 aliphatic heterocycles. The van der Waals surface area contributed by atoms with Gasteiger partial charge in [0.05, 0.1) is 5.69 Å². The number of rotatable bonds is 5. The zero-order chi connectivity index (χ0) is 8.81. The van der Waals surface area contributed by atoms with Crippen molar-refractivity contribution >= 4 is 0 Å². The topological polar surface area (TPSA) is 54.7 Å². The molecule has 0 bridgehead atoms. The number of hydrogen-bond acceptors (Lipinski definition) is 2. The van der Waals surface area contributed by atoms with Crippen LogP contribution in [0.1, 0.15) is 30.7 Å². The van der Waals surface area contributed by atoms with Crippen molar-refractivity contribution in [3.63, 3.8) is 0 Å². The lowest BCUT2D eigenvalue weighted by molar-refractivity contribution is 0.678. The first-order valence-electron chi connectivity index (χ1n) is 4.54. The molecule has 3 nitrogen and oxygen atoms in total. The Hall–Kier alpha value is -0.830. The van der Waals surface area contributed by atoms with E-state index in [1.54, 1.807) is 0 Å². The molecule has 0 aliphatic rings. The van der Waals surface area contributed by atoms with E-state index in [2.05, 4.69) is 16.3 Å². The predicted molar refractivity (Wildman–Crippen MR) is 49.9 cm³/mol. The predicted octanol–water partition coefficient (Wildman–Crippen LogP) is 1.39. The van der Waals surface area contributed by atoms with Crippen LogP contribution in [-0.2, 0) is 6.42 Å². The van der Waals surface area contributed by atoms with E-state index >= 15 is 0 Å². The van der Waals surface area contributed by atoms with E-state index in [0.717, 1.165) is 25.1 Å². The van der Waals surface area contributed by atoms with Crippen LogP contribution < -0.4 is 5.73 Å². The van der Waals surface area contributed by atoms with Crippen molar-refractivity contribution in [1.29, 1.82) is 0 Å². The summed E-state index contributed by atoms with van der Waals surface area (Å²) in [6.07, 6.45) is 4.61. The van der Waals surface area contributed by atoms with E-state index in [9.17, 15) is 0 Å². The maximum absolute atomic E-state index is 5.39. The fraction of sp³-hybridized carbons (Fsp3) is 0.667. The summed E-state index contributed by atoms with van der Waals surface area (Å²) in [6, 6.07) is 2.10. The Balaban J connectivity index is 2.15. The number of aromatic amines is 1. The number of aryl methyl sites for hydroxylation is 2. The van der Waals surface area contributed by atoms with Gasteiger partial charge in [0, 0.05) is 5.69 Å². The number of nitrogens with one attached hydrogen (secondary N) is 1. The van der Waals surface area contributed by atoms with Gasteiger partial charge in [0.1, 0.15) is 0 Å². The van der Waals surface area contributed by atoms with Gasteiger partial charge in [0.15, 0.2) is 0 Å². The van der Waals surface area contributed by atoms with Crippen LogP contribution in [0.2, 0.25) is 0 Å². The van der Waals surface area contributed by atoms with Crippen LogP contribution in [0.3, 0.4) is 0 Å². The SMILES string of the molecule is Cc1cc(CCCCCN)n[nH]1. The summed E-state index contributed by atoms with van der Waals surface area (Å²) in [5.74, 6) is 0. The molecule has 12 heavy (non-hydrogen) atoms. The fourth-order valence-corrected chi connectivity index (χ4v) is 1.23. The van der Waals surface area contributed by atoms with Crippen LogP contribution in [0.25, 0.3) is 0 Å². The molecule has 0 saturated heterocycles. The van der Waals surface area contributed by atoms with Gasteiger partial charge in [-0.1, -0.05) is 6.42 Å². The zero-order valence-electron chi connectivity index (χ0n) is 7.64. The number of H-pyrrole nitrogens is 1. The maximum Gasteiger partial charge on any atom is 0.0624 e. The summed E-state index contributed by atoms with van der Waals surface area (Å²) in [7, 11) is 0. The lowest BCUT2D eigenvalue weighted by Crippen LogP contribution is -1.98. The molecule has 1 aromatic rings. The summed E-state index contributed by atoms with van der Waals surface area (Å²) in [5.41, 5.74) is 7.70. The van der Waals surface area contributed by atoms with Gasteiger partial charge in [-0.25, -0.2) is 0 Å². The summed E-state index contributed by atoms with van der Waals surface area (Å²) < 4.78 is 0. The molecule has 3 N–H and O–H groups in total. The minimum atomic E-state index is 0.805. The van der Waals surface area contributed by atoms with E-state index in [4.69, 9.17) is 5.73 Å². The second-order valence-corrected chi connectivity index (χ2v) is 3.14. The van der Waals surface area contributed by atoms with E-state index in [1.165, 1.54) is 18.5 Å². The molecule has 1 heterocycles. The van der Waals surface area contributed by atoms with Gasteiger partial charge in [-0.05, 0) is 38.8 Å². The van der Waals surface area contributed by atoms with Crippen LogP contribution in [-0.4, -0.2) is 16.7 Å². The van der Waals surface area contributed by atoms with Gasteiger partial charge >= 0.3 is 0 Å². The minimum absolute atomic E-state index is 0.805. The van der Waals surface area contributed by atoms with Gasteiger partial charge in [0.2, 0.25) is 0 Å². The Kier molecular flexibility index (Phi) is 3.80. The third kappa shape index (κ3) is 3.05. The summed E-state index contributed by atoms with van der Waals surface area (Å²) in [5, 5.41) is 7.09. The molecule has 0 atom stereocenters. The Morgan fingerprint density at radius 1 is 1.42 bits per heavy atom. The highest BCUT2D eigenvalue weighted by molar-refractivity contribution is 5.06. The second-order valence-electron chi connectivity index (χ2n) is 3.14. The van der Waals surface area contributed by atoms with Gasteiger partial charge in [-0.15, -0.1) is 0 Å². The number of aromatic nitrogens is 2. The fourth-order valence-electron chi connectivity index (χ4n) is 1.23. The van der Waals surface area contributed by atoms with Crippen molar-refractivity contribution in [3.8, 4) is 0 Å². The van der Waals surface area contributed by atoms with E-state index in [-0.39, 0.29) is 0 Å². The average molecular weight is 167 g/mol. The number of nitrogens with two attached hydrogens (primary N) is 1. The maximum atomic E-state index is 5.39. The van der Waals surface area contributed by atoms with Gasteiger partial charge in [-0.3, -0.25) is 5.10 Å². The van der Waals surface area contributed by atoms with Crippen molar-refractivity contribution in [2.45, 2.75) is 32.6 Å². The van der Waals surface area contributed by atoms with Crippen LogP contribution in [0.4, 0.5) is 0 Å². The molecule has 3 heteroatoms. The Labute approximate surface area is 73.4 Å². The van der Waals surface area contributed by atoms with Crippen molar-refractivity contribution < 1.29 is 0 Å². The van der Waals surface area contributed by atoms with E-state index < -0.39 is 0 Å². The van der Waals surface area contributed by atoms with Crippen molar-refractivity contribution in [2.75, 3.05) is 6.54 Å². The molecular formula is C9H17N3. The van der Waals surface area contributed by atoms with Gasteiger partial charge in [0.25, 0.3) is 0 Å². The number of unbranched alkanes of at least 4 members (excludes halogenated alkanes) is 2. The van der Waals surface area contributed by atoms with Crippen LogP contribution >= 0.6 is 0 Å². The molecule has 0 spiro atoms. The molecule has 0 unspecified atom stereocenters. The normalized spacial score (nSPS) is 10.5. The summed E-state index contributed by atoms with van der Waals surface area (Å²) >= 11 is 0. The smallest absolute Gasteiger partial charge is 0.0624 e. The van der Waals surface area contributed by atoms with E-state index in [0.29, 0.717) is 0 Å². The lowest BCUT2D eigenvalue weighted by Gasteiger charge is -1.95. The Morgan fingerprint density at radius 2 is 2.25 bits per heavy atom. The highest BCUT2D eigenvalue weighted by Gasteiger charge is 1.96. The molecule has 1 rings (SSSR count). The third-order valence-corrected chi connectivity index (χ3v) is 1.90. The van der Waals surface area contributed by atoms with Crippen LogP contribution in [0, 0.1) is 6.92 Å². The van der Waals surface area contributed by atoms with Crippen LogP contribution in [0.15, 0.2) is 6.07 Å². The largest absolute Gasteiger partial charge is 0.330 e. The highest BCUT2D eigenvalue weighted by Crippen LogP contribution is 2.04. The highest BCUT2D eigenvalue weighted by atomic mass is 15.1. The number of nitrogens with zero attached hydrogens (tertiary/aromatic N) is 1. The second kappa shape index (κ2) is 4.93. The molecule has 0 aliphatic carbocycles. The molecular weight excluding hydrogens is 150 g/mol. The van der Waals surface area contributed by atoms with Gasteiger partial charge in [-0.2, -0.15) is 5.10 Å². The average Bonchev–Trinajstić information content (AvgIpc) is 2.45. The van der Waals surface area contributed by atoms with Crippen molar-refractivity contribution in [3.05, 3.63) is 17.5 Å². The molecule has 68 valence electrons. The summed E-state index contributed by atoms with van der Waals surface area (Å²) in [4.78, 5) is 0. The third-order valence-electron chi connectivity index (χ3n) is 1.90. The zero-order valence-corrected chi connectivity index (χ0v) is 7.64. The van der Waals surface area contributed by atoms with E-state index in [1.807, 2.05) is 6.92 Å². The van der Waals surface area contributed by atoms with Crippen molar-refractivity contribution in [2.24, 2.45) is 5.73 Å². The van der Waals surface area contributed by atoms with Gasteiger partial charge < -0.3 is 5.73 Å². The molecule has 0 radical (unpaired) electrons. The first kappa shape index (κ1) is 9.26. The Morgan fingerprint density at radius 3 is 2.83 bits per heavy atom. The minimum Gasteiger partial charge on any atom is -0.330 e. The molecule has 0 saturated carbocycles.